The quantitative estimate of drug-likeness (QED) is 0.200. The first-order valence-corrected chi connectivity index (χ1v) is 16.6. The molecule has 7 nitrogen and oxygen atoms in total. The Morgan fingerprint density at radius 3 is 2.35 bits per heavy atom. The van der Waals surface area contributed by atoms with Crippen molar-refractivity contribution < 1.29 is 14.3 Å². The van der Waals surface area contributed by atoms with Crippen LogP contribution in [0.2, 0.25) is 5.02 Å². The first kappa shape index (κ1) is 33.3. The summed E-state index contributed by atoms with van der Waals surface area (Å²) in [5.74, 6) is 0.824. The molecule has 0 radical (unpaired) electrons. The van der Waals surface area contributed by atoms with Gasteiger partial charge in [-0.05, 0) is 102 Å². The van der Waals surface area contributed by atoms with Crippen molar-refractivity contribution in [2.75, 3.05) is 45.7 Å². The van der Waals surface area contributed by atoms with Crippen LogP contribution < -0.4 is 15.4 Å². The molecule has 2 aliphatic rings. The minimum atomic E-state index is -0.397. The predicted molar refractivity (Wildman–Crippen MR) is 176 cm³/mol. The summed E-state index contributed by atoms with van der Waals surface area (Å²) < 4.78 is 6.40. The number of nitrogens with zero attached hydrogens (tertiary/aromatic N) is 2. The molecule has 1 saturated heterocycles. The first-order valence-electron chi connectivity index (χ1n) is 16.2. The van der Waals surface area contributed by atoms with Crippen LogP contribution in [0.15, 0.2) is 42.5 Å². The van der Waals surface area contributed by atoms with Gasteiger partial charge in [0.15, 0.2) is 5.75 Å². The molecule has 1 aliphatic carbocycles. The molecular weight excluding hydrogens is 560 g/mol. The van der Waals surface area contributed by atoms with Gasteiger partial charge < -0.3 is 25.2 Å². The van der Waals surface area contributed by atoms with Gasteiger partial charge in [0.25, 0.3) is 5.91 Å². The molecule has 2 fully saturated rings. The zero-order valence-corrected chi connectivity index (χ0v) is 27.3. The number of carbonyl (C=O) groups excluding carboxylic acids is 2. The molecule has 1 saturated carbocycles. The highest BCUT2D eigenvalue weighted by atomic mass is 35.5. The van der Waals surface area contributed by atoms with Crippen molar-refractivity contribution in [2.24, 2.45) is 11.3 Å². The Kier molecular flexibility index (Phi) is 12.3. The van der Waals surface area contributed by atoms with Crippen LogP contribution in [-0.4, -0.2) is 68.0 Å². The highest BCUT2D eigenvalue weighted by Gasteiger charge is 2.46. The minimum Gasteiger partial charge on any atom is -0.491 e. The normalized spacial score (nSPS) is 17.5. The van der Waals surface area contributed by atoms with E-state index in [1.54, 1.807) is 4.90 Å². The molecule has 2 N–H and O–H groups in total. The van der Waals surface area contributed by atoms with Crippen molar-refractivity contribution in [1.82, 2.24) is 15.1 Å². The number of carbonyl (C=O) groups is 2. The van der Waals surface area contributed by atoms with Crippen molar-refractivity contribution in [3.8, 4) is 5.75 Å². The highest BCUT2D eigenvalue weighted by molar-refractivity contribution is 6.30. The third-order valence-corrected chi connectivity index (χ3v) is 9.72. The van der Waals surface area contributed by atoms with E-state index in [-0.39, 0.29) is 17.9 Å². The second kappa shape index (κ2) is 15.9. The van der Waals surface area contributed by atoms with Gasteiger partial charge in [0.05, 0.1) is 23.3 Å². The number of anilines is 1. The zero-order valence-electron chi connectivity index (χ0n) is 26.6. The van der Waals surface area contributed by atoms with Crippen molar-refractivity contribution in [2.45, 2.75) is 84.2 Å². The van der Waals surface area contributed by atoms with E-state index < -0.39 is 5.41 Å². The molecular formula is C35H51ClN4O3. The molecule has 1 heterocycles. The van der Waals surface area contributed by atoms with Crippen LogP contribution in [-0.2, 0) is 11.3 Å². The van der Waals surface area contributed by atoms with Crippen molar-refractivity contribution >= 4 is 29.1 Å². The second-order valence-corrected chi connectivity index (χ2v) is 13.2. The number of hydrogen-bond acceptors (Lipinski definition) is 5. The molecule has 0 atom stereocenters. The maximum Gasteiger partial charge on any atom is 0.257 e. The number of benzene rings is 2. The van der Waals surface area contributed by atoms with Crippen LogP contribution in [0.3, 0.4) is 0 Å². The van der Waals surface area contributed by atoms with E-state index in [1.165, 1.54) is 31.2 Å². The molecule has 2 aromatic carbocycles. The van der Waals surface area contributed by atoms with Gasteiger partial charge >= 0.3 is 0 Å². The number of halogens is 1. The fourth-order valence-electron chi connectivity index (χ4n) is 6.65. The van der Waals surface area contributed by atoms with Gasteiger partial charge in [0.1, 0.15) is 0 Å². The smallest absolute Gasteiger partial charge is 0.257 e. The molecule has 43 heavy (non-hydrogen) atoms. The molecule has 236 valence electrons. The summed E-state index contributed by atoms with van der Waals surface area (Å²) in [7, 11) is 3.89. The minimum absolute atomic E-state index is 0.0355. The van der Waals surface area contributed by atoms with E-state index in [9.17, 15) is 9.59 Å². The number of para-hydroxylation sites is 1. The summed E-state index contributed by atoms with van der Waals surface area (Å²) in [4.78, 5) is 31.8. The Morgan fingerprint density at radius 1 is 1.02 bits per heavy atom. The fourth-order valence-corrected chi connectivity index (χ4v) is 6.77. The summed E-state index contributed by atoms with van der Waals surface area (Å²) in [6.07, 6.45) is 9.58. The van der Waals surface area contributed by atoms with Gasteiger partial charge in [-0.2, -0.15) is 0 Å². The number of piperidine rings is 1. The Bertz CT molecular complexity index is 1190. The maximum absolute atomic E-state index is 14.3. The van der Waals surface area contributed by atoms with Crippen molar-refractivity contribution in [3.05, 3.63) is 58.6 Å². The van der Waals surface area contributed by atoms with Crippen LogP contribution in [0.25, 0.3) is 0 Å². The maximum atomic E-state index is 14.3. The second-order valence-electron chi connectivity index (χ2n) is 12.8. The van der Waals surface area contributed by atoms with Gasteiger partial charge in [-0.15, -0.1) is 0 Å². The van der Waals surface area contributed by atoms with Crippen molar-refractivity contribution in [3.63, 3.8) is 0 Å². The van der Waals surface area contributed by atoms with Gasteiger partial charge in [-0.1, -0.05) is 55.5 Å². The highest BCUT2D eigenvalue weighted by Crippen LogP contribution is 2.45. The monoisotopic (exact) mass is 610 g/mol. The van der Waals surface area contributed by atoms with Crippen LogP contribution in [0.4, 0.5) is 5.69 Å². The van der Waals surface area contributed by atoms with E-state index in [4.69, 9.17) is 16.3 Å². The van der Waals surface area contributed by atoms with Crippen LogP contribution in [0.5, 0.6) is 5.75 Å². The molecule has 0 spiro atoms. The average Bonchev–Trinajstić information content (AvgIpc) is 3.30. The predicted octanol–water partition coefficient (Wildman–Crippen LogP) is 7.00. The zero-order chi connectivity index (χ0) is 30.8. The standard InChI is InChI=1S/C35H51ClN4O3/c1-26(2)40(4)33(41)30-13-9-14-31(32(30)43-24-10-23-39(3)25-27-15-17-29(36)18-16-27)38-34(42)35(19-21-37-22-20-35)28-11-7-5-6-8-12-28/h9,13-18,26,28,37H,5-8,10-12,19-25H2,1-4H3,(H,38,42). The first-order chi connectivity index (χ1) is 20.7. The lowest BCUT2D eigenvalue weighted by Crippen LogP contribution is -2.49. The summed E-state index contributed by atoms with van der Waals surface area (Å²) in [5, 5.41) is 7.51. The molecule has 0 aromatic heterocycles. The summed E-state index contributed by atoms with van der Waals surface area (Å²) in [6.45, 7) is 7.77. The Labute approximate surface area is 263 Å². The average molecular weight is 611 g/mol. The summed E-state index contributed by atoms with van der Waals surface area (Å²) >= 11 is 6.04. The Morgan fingerprint density at radius 2 is 1.70 bits per heavy atom. The molecule has 4 rings (SSSR count). The third kappa shape index (κ3) is 8.74. The van der Waals surface area contributed by atoms with Crippen LogP contribution in [0.1, 0.15) is 87.6 Å². The Hall–Kier alpha value is -2.61. The van der Waals surface area contributed by atoms with Crippen LogP contribution in [0, 0.1) is 11.3 Å². The van der Waals surface area contributed by atoms with E-state index in [0.717, 1.165) is 63.3 Å². The summed E-state index contributed by atoms with van der Waals surface area (Å²) in [5.41, 5.74) is 1.88. The van der Waals surface area contributed by atoms with E-state index >= 15 is 0 Å². The number of amides is 2. The molecule has 0 unspecified atom stereocenters. The lowest BCUT2D eigenvalue weighted by Gasteiger charge is -2.42. The van der Waals surface area contributed by atoms with Gasteiger partial charge in [-0.3, -0.25) is 9.59 Å². The largest absolute Gasteiger partial charge is 0.491 e. The van der Waals surface area contributed by atoms with E-state index in [2.05, 4.69) is 22.6 Å². The summed E-state index contributed by atoms with van der Waals surface area (Å²) in [6, 6.07) is 13.5. The van der Waals surface area contributed by atoms with Gasteiger partial charge in [0.2, 0.25) is 5.91 Å². The molecule has 2 amide bonds. The molecule has 2 aromatic rings. The molecule has 1 aliphatic heterocycles. The number of rotatable bonds is 12. The molecule has 8 heteroatoms. The topological polar surface area (TPSA) is 73.9 Å². The fraction of sp³-hybridized carbons (Fsp3) is 0.600. The van der Waals surface area contributed by atoms with Crippen molar-refractivity contribution in [1.29, 1.82) is 0 Å². The number of nitrogens with one attached hydrogen (secondary N) is 2. The SMILES string of the molecule is CC(C)N(C)C(=O)c1cccc(NC(=O)C2(C3CCCCCC3)CCNCC2)c1OCCCN(C)Cc1ccc(Cl)cc1. The number of hydrogen-bond donors (Lipinski definition) is 2. The van der Waals surface area contributed by atoms with E-state index in [1.807, 2.05) is 63.4 Å². The lowest BCUT2D eigenvalue weighted by atomic mass is 9.65. The van der Waals surface area contributed by atoms with E-state index in [0.29, 0.717) is 29.5 Å². The molecule has 0 bridgehead atoms. The number of ether oxygens (including phenoxy) is 1. The lowest BCUT2D eigenvalue weighted by molar-refractivity contribution is -0.131. The van der Waals surface area contributed by atoms with Gasteiger partial charge in [0, 0.05) is 31.2 Å². The Balaban J connectivity index is 1.52. The third-order valence-electron chi connectivity index (χ3n) is 9.47. The van der Waals surface area contributed by atoms with Gasteiger partial charge in [-0.25, -0.2) is 0 Å². The van der Waals surface area contributed by atoms with Crippen LogP contribution >= 0.6 is 11.6 Å².